The van der Waals surface area contributed by atoms with Crippen molar-refractivity contribution < 1.29 is 14.6 Å². The van der Waals surface area contributed by atoms with E-state index < -0.39 is 5.97 Å². The predicted molar refractivity (Wildman–Crippen MR) is 135 cm³/mol. The summed E-state index contributed by atoms with van der Waals surface area (Å²) in [5.74, 6) is 0.594. The Morgan fingerprint density at radius 3 is 1.97 bits per heavy atom. The number of rotatable bonds is 10. The van der Waals surface area contributed by atoms with E-state index in [4.69, 9.17) is 4.74 Å². The van der Waals surface area contributed by atoms with Gasteiger partial charge in [0, 0.05) is 18.6 Å². The summed E-state index contributed by atoms with van der Waals surface area (Å²) in [6.45, 7) is 2.76. The molecule has 4 aromatic rings. The zero-order valence-corrected chi connectivity index (χ0v) is 19.2. The maximum absolute atomic E-state index is 12.0. The Morgan fingerprint density at radius 1 is 0.765 bits per heavy atom. The molecule has 4 nitrogen and oxygen atoms in total. The molecule has 0 bridgehead atoms. The molecule has 4 heteroatoms. The number of carbonyl (C=O) groups is 1. The van der Waals surface area contributed by atoms with E-state index in [-0.39, 0.29) is 18.5 Å². The normalized spacial score (nSPS) is 12.8. The summed E-state index contributed by atoms with van der Waals surface area (Å²) in [7, 11) is 0. The molecule has 0 spiro atoms. The lowest BCUT2D eigenvalue weighted by Gasteiger charge is -2.37. The Hall–Kier alpha value is -3.89. The lowest BCUT2D eigenvalue weighted by molar-refractivity contribution is -0.138. The molecule has 2 atom stereocenters. The van der Waals surface area contributed by atoms with Crippen LogP contribution in [0.5, 0.6) is 11.5 Å². The minimum absolute atomic E-state index is 0.00412. The Kier molecular flexibility index (Phi) is 7.74. The van der Waals surface area contributed by atoms with Crippen LogP contribution in [0.2, 0.25) is 0 Å². The SMILES string of the molecule is CC(c1ccccc1)N(Cc1ccccc1)C(CC(=O)O)c1cccc(Oc2ccccc2)c1. The molecule has 34 heavy (non-hydrogen) atoms. The molecule has 0 radical (unpaired) electrons. The fourth-order valence-electron chi connectivity index (χ4n) is 4.24. The molecule has 0 fully saturated rings. The van der Waals surface area contributed by atoms with Crippen LogP contribution in [0.1, 0.15) is 42.1 Å². The van der Waals surface area contributed by atoms with Gasteiger partial charge in [-0.05, 0) is 47.9 Å². The maximum Gasteiger partial charge on any atom is 0.305 e. The highest BCUT2D eigenvalue weighted by Gasteiger charge is 2.28. The van der Waals surface area contributed by atoms with Gasteiger partial charge in [0.15, 0.2) is 0 Å². The Bertz CT molecular complexity index is 1180. The molecule has 2 unspecified atom stereocenters. The monoisotopic (exact) mass is 451 g/mol. The number of benzene rings is 4. The van der Waals surface area contributed by atoms with Crippen molar-refractivity contribution in [1.29, 1.82) is 0 Å². The highest BCUT2D eigenvalue weighted by Crippen LogP contribution is 2.36. The van der Waals surface area contributed by atoms with Gasteiger partial charge in [-0.3, -0.25) is 9.69 Å². The summed E-state index contributed by atoms with van der Waals surface area (Å²) in [6, 6.07) is 37.4. The van der Waals surface area contributed by atoms with E-state index in [1.165, 1.54) is 0 Å². The van der Waals surface area contributed by atoms with Gasteiger partial charge in [0.2, 0.25) is 0 Å². The number of carboxylic acids is 1. The molecular weight excluding hydrogens is 422 g/mol. The van der Waals surface area contributed by atoms with Crippen molar-refractivity contribution in [3.8, 4) is 11.5 Å². The second kappa shape index (κ2) is 11.3. The van der Waals surface area contributed by atoms with Crippen molar-refractivity contribution >= 4 is 5.97 Å². The first kappa shape index (κ1) is 23.3. The van der Waals surface area contributed by atoms with Gasteiger partial charge < -0.3 is 9.84 Å². The van der Waals surface area contributed by atoms with Gasteiger partial charge in [-0.25, -0.2) is 0 Å². The first-order valence-electron chi connectivity index (χ1n) is 11.5. The number of ether oxygens (including phenoxy) is 1. The molecule has 4 rings (SSSR count). The zero-order chi connectivity index (χ0) is 23.8. The molecule has 0 amide bonds. The third-order valence-electron chi connectivity index (χ3n) is 5.98. The van der Waals surface area contributed by atoms with E-state index in [1.54, 1.807) is 0 Å². The van der Waals surface area contributed by atoms with Gasteiger partial charge in [-0.2, -0.15) is 0 Å². The van der Waals surface area contributed by atoms with E-state index in [2.05, 4.69) is 36.1 Å². The van der Waals surface area contributed by atoms with Crippen molar-refractivity contribution in [2.45, 2.75) is 32.0 Å². The standard InChI is InChI=1S/C30H29NO3/c1-23(25-14-7-3-8-15-25)31(22-24-12-5-2-6-13-24)29(21-30(32)33)26-16-11-19-28(20-26)34-27-17-9-4-10-18-27/h2-20,23,29H,21-22H2,1H3,(H,32,33). The quantitative estimate of drug-likeness (QED) is 0.276. The minimum Gasteiger partial charge on any atom is -0.481 e. The van der Waals surface area contributed by atoms with Crippen molar-refractivity contribution in [2.75, 3.05) is 0 Å². The molecule has 0 heterocycles. The van der Waals surface area contributed by atoms with Gasteiger partial charge in [0.25, 0.3) is 0 Å². The fraction of sp³-hybridized carbons (Fsp3) is 0.167. The highest BCUT2D eigenvalue weighted by atomic mass is 16.5. The molecular formula is C30H29NO3. The van der Waals surface area contributed by atoms with Crippen LogP contribution in [0.15, 0.2) is 115 Å². The summed E-state index contributed by atoms with van der Waals surface area (Å²) < 4.78 is 6.05. The van der Waals surface area contributed by atoms with Crippen molar-refractivity contribution in [3.05, 3.63) is 132 Å². The topological polar surface area (TPSA) is 49.8 Å². The zero-order valence-electron chi connectivity index (χ0n) is 19.2. The lowest BCUT2D eigenvalue weighted by Crippen LogP contribution is -2.32. The molecule has 0 aliphatic carbocycles. The molecule has 0 saturated heterocycles. The van der Waals surface area contributed by atoms with E-state index in [9.17, 15) is 9.90 Å². The molecule has 0 aliphatic heterocycles. The first-order valence-corrected chi connectivity index (χ1v) is 11.5. The summed E-state index contributed by atoms with van der Waals surface area (Å²) in [4.78, 5) is 14.3. The Morgan fingerprint density at radius 2 is 1.32 bits per heavy atom. The summed E-state index contributed by atoms with van der Waals surface area (Å²) in [5.41, 5.74) is 3.19. The molecule has 0 aromatic heterocycles. The average Bonchev–Trinajstić information content (AvgIpc) is 2.87. The number of para-hydroxylation sites is 1. The third-order valence-corrected chi connectivity index (χ3v) is 5.98. The van der Waals surface area contributed by atoms with Crippen molar-refractivity contribution in [3.63, 3.8) is 0 Å². The first-order chi connectivity index (χ1) is 16.6. The summed E-state index contributed by atoms with van der Waals surface area (Å²) in [6.07, 6.45) is -0.0151. The number of hydrogen-bond acceptors (Lipinski definition) is 3. The minimum atomic E-state index is -0.835. The average molecular weight is 452 g/mol. The number of nitrogens with zero attached hydrogens (tertiary/aromatic N) is 1. The number of aliphatic carboxylic acids is 1. The second-order valence-electron chi connectivity index (χ2n) is 8.35. The van der Waals surface area contributed by atoms with E-state index in [1.807, 2.05) is 91.0 Å². The summed E-state index contributed by atoms with van der Waals surface area (Å²) in [5, 5.41) is 9.86. The second-order valence-corrected chi connectivity index (χ2v) is 8.35. The van der Waals surface area contributed by atoms with Gasteiger partial charge in [-0.1, -0.05) is 91.0 Å². The molecule has 0 aliphatic rings. The van der Waals surface area contributed by atoms with Crippen LogP contribution in [0.25, 0.3) is 0 Å². The third kappa shape index (κ3) is 6.12. The van der Waals surface area contributed by atoms with Crippen LogP contribution in [-0.2, 0) is 11.3 Å². The maximum atomic E-state index is 12.0. The van der Waals surface area contributed by atoms with E-state index in [0.29, 0.717) is 12.3 Å². The lowest BCUT2D eigenvalue weighted by atomic mass is 9.96. The van der Waals surface area contributed by atoms with Crippen molar-refractivity contribution in [1.82, 2.24) is 4.90 Å². The van der Waals surface area contributed by atoms with E-state index in [0.717, 1.165) is 22.4 Å². The van der Waals surface area contributed by atoms with Gasteiger partial charge in [0.05, 0.1) is 6.42 Å². The smallest absolute Gasteiger partial charge is 0.305 e. The fourth-order valence-corrected chi connectivity index (χ4v) is 4.24. The van der Waals surface area contributed by atoms with Crippen molar-refractivity contribution in [2.24, 2.45) is 0 Å². The number of carboxylic acid groups (broad SMARTS) is 1. The number of hydrogen-bond donors (Lipinski definition) is 1. The largest absolute Gasteiger partial charge is 0.481 e. The summed E-state index contributed by atoms with van der Waals surface area (Å²) >= 11 is 0. The Balaban J connectivity index is 1.72. The molecule has 172 valence electrons. The van der Waals surface area contributed by atoms with Crippen LogP contribution in [0.3, 0.4) is 0 Å². The molecule has 4 aromatic carbocycles. The predicted octanol–water partition coefficient (Wildman–Crippen LogP) is 7.26. The van der Waals surface area contributed by atoms with Crippen LogP contribution < -0.4 is 4.74 Å². The van der Waals surface area contributed by atoms with Crippen LogP contribution in [0.4, 0.5) is 0 Å². The molecule has 0 saturated carbocycles. The Labute approximate surface area is 201 Å². The molecule has 1 N–H and O–H groups in total. The van der Waals surface area contributed by atoms with Gasteiger partial charge in [-0.15, -0.1) is 0 Å². The van der Waals surface area contributed by atoms with E-state index >= 15 is 0 Å². The highest BCUT2D eigenvalue weighted by molar-refractivity contribution is 5.68. The van der Waals surface area contributed by atoms with Crippen LogP contribution in [0, 0.1) is 0 Å². The van der Waals surface area contributed by atoms with Gasteiger partial charge >= 0.3 is 5.97 Å². The van der Waals surface area contributed by atoms with Crippen LogP contribution >= 0.6 is 0 Å². The van der Waals surface area contributed by atoms with Crippen LogP contribution in [-0.4, -0.2) is 16.0 Å². The van der Waals surface area contributed by atoms with Gasteiger partial charge in [0.1, 0.15) is 11.5 Å².